The van der Waals surface area contributed by atoms with Gasteiger partial charge in [-0.2, -0.15) is 0 Å². The number of pyridine rings is 2. The molecule has 9 heteroatoms. The second-order valence-electron chi connectivity index (χ2n) is 6.29. The molecule has 0 atom stereocenters. The van der Waals surface area contributed by atoms with Gasteiger partial charge in [0.2, 0.25) is 0 Å². The molecule has 152 valence electrons. The van der Waals surface area contributed by atoms with Crippen molar-refractivity contribution in [1.82, 2.24) is 9.97 Å². The van der Waals surface area contributed by atoms with Gasteiger partial charge in [-0.25, -0.2) is 5.26 Å². The number of rotatable bonds is 8. The van der Waals surface area contributed by atoms with Gasteiger partial charge in [0.15, 0.2) is 0 Å². The minimum atomic E-state index is -0.522. The Morgan fingerprint density at radius 1 is 1.07 bits per heavy atom. The first-order valence-corrected chi connectivity index (χ1v) is 8.46. The van der Waals surface area contributed by atoms with Crippen LogP contribution in [-0.2, 0) is 26.5 Å². The summed E-state index contributed by atoms with van der Waals surface area (Å²) in [5, 5.41) is 28.8. The first-order chi connectivity index (χ1) is 13.9. The second kappa shape index (κ2) is 11.4. The first kappa shape index (κ1) is 24.4. The summed E-state index contributed by atoms with van der Waals surface area (Å²) in [6.07, 6.45) is 7.79. The van der Waals surface area contributed by atoms with Crippen molar-refractivity contribution in [3.8, 4) is 6.07 Å². The number of nitrogens with zero attached hydrogens (tertiary/aromatic N) is 4. The third kappa shape index (κ3) is 6.77. The molecule has 0 bridgehead atoms. The summed E-state index contributed by atoms with van der Waals surface area (Å²) in [5.41, 5.74) is 0.796. The molecule has 4 N–H and O–H groups in total. The van der Waals surface area contributed by atoms with E-state index in [4.69, 9.17) is 22.7 Å². The molecular formula is C21H18N8Pt. The molecule has 0 saturated heterocycles. The van der Waals surface area contributed by atoms with Crippen LogP contribution in [0.15, 0.2) is 48.6 Å². The van der Waals surface area contributed by atoms with Crippen LogP contribution in [0.1, 0.15) is 25.2 Å². The van der Waals surface area contributed by atoms with Crippen LogP contribution in [0.2, 0.25) is 0 Å². The van der Waals surface area contributed by atoms with E-state index in [1.165, 1.54) is 12.2 Å². The quantitative estimate of drug-likeness (QED) is 0.165. The number of anilines is 2. The normalized spacial score (nSPS) is 10.7. The topological polar surface area (TPSA) is 126 Å². The summed E-state index contributed by atoms with van der Waals surface area (Å²) in [6, 6.07) is 12.7. The third-order valence-corrected chi connectivity index (χ3v) is 3.85. The molecular weight excluding hydrogens is 559 g/mol. The largest absolute Gasteiger partial charge is 2.00 e. The molecule has 0 aromatic carbocycles. The molecule has 0 aliphatic heterocycles. The van der Waals surface area contributed by atoms with Gasteiger partial charge < -0.3 is 20.9 Å². The van der Waals surface area contributed by atoms with E-state index in [2.05, 4.69) is 37.8 Å². The zero-order valence-electron chi connectivity index (χ0n) is 16.2. The van der Waals surface area contributed by atoms with Gasteiger partial charge in [0.25, 0.3) is 5.84 Å². The van der Waals surface area contributed by atoms with Gasteiger partial charge in [0.05, 0.1) is 6.07 Å². The maximum Gasteiger partial charge on any atom is 2.00 e. The first-order valence-electron chi connectivity index (χ1n) is 8.46. The zero-order chi connectivity index (χ0) is 21.3. The summed E-state index contributed by atoms with van der Waals surface area (Å²) in [7, 11) is 0. The predicted molar refractivity (Wildman–Crippen MR) is 111 cm³/mol. The Hall–Kier alpha value is -3.61. The minimum absolute atomic E-state index is 0. The van der Waals surface area contributed by atoms with Crippen LogP contribution in [0, 0.1) is 41.1 Å². The Labute approximate surface area is 189 Å². The Kier molecular flexibility index (Phi) is 9.29. The molecule has 0 amide bonds. The fourth-order valence-corrected chi connectivity index (χ4v) is 2.26. The van der Waals surface area contributed by atoms with E-state index in [1.807, 2.05) is 38.1 Å². The number of nitrogens with one attached hydrogen (secondary N) is 4. The van der Waals surface area contributed by atoms with Crippen molar-refractivity contribution in [2.24, 2.45) is 0 Å². The van der Waals surface area contributed by atoms with Crippen molar-refractivity contribution >= 4 is 23.2 Å². The average molecular weight is 578 g/mol. The average Bonchev–Trinajstić information content (AvgIpc) is 2.73. The Balaban J connectivity index is 0.00000450. The number of allylic oxidation sites excluding steroid dienone is 1. The van der Waals surface area contributed by atoms with Crippen LogP contribution in [0.4, 0.5) is 11.6 Å². The van der Waals surface area contributed by atoms with Crippen molar-refractivity contribution in [2.45, 2.75) is 19.3 Å². The van der Waals surface area contributed by atoms with Gasteiger partial charge in [0, 0.05) is 34.2 Å². The maximum atomic E-state index is 8.59. The zero-order valence-corrected chi connectivity index (χ0v) is 18.5. The van der Waals surface area contributed by atoms with Crippen molar-refractivity contribution in [2.75, 3.05) is 10.6 Å². The van der Waals surface area contributed by atoms with E-state index in [0.29, 0.717) is 11.6 Å². The minimum Gasteiger partial charge on any atom is -0.453 e. The summed E-state index contributed by atoms with van der Waals surface area (Å²) < 4.78 is 0. The summed E-state index contributed by atoms with van der Waals surface area (Å²) >= 11 is 0. The molecule has 0 aliphatic carbocycles. The van der Waals surface area contributed by atoms with Crippen molar-refractivity contribution in [3.63, 3.8) is 0 Å². The van der Waals surface area contributed by atoms with Crippen LogP contribution in [0.5, 0.6) is 0 Å². The van der Waals surface area contributed by atoms with Crippen LogP contribution in [0.3, 0.4) is 0 Å². The molecule has 2 aromatic rings. The fourth-order valence-electron chi connectivity index (χ4n) is 2.26. The van der Waals surface area contributed by atoms with Gasteiger partial charge in [-0.15, -0.1) is 17.7 Å². The van der Waals surface area contributed by atoms with Crippen molar-refractivity contribution in [3.05, 3.63) is 83.8 Å². The van der Waals surface area contributed by atoms with Crippen LogP contribution in [0.25, 0.3) is 4.85 Å². The fraction of sp³-hybridized carbons (Fsp3) is 0.143. The van der Waals surface area contributed by atoms with E-state index in [1.54, 1.807) is 18.2 Å². The van der Waals surface area contributed by atoms with Crippen LogP contribution >= 0.6 is 0 Å². The van der Waals surface area contributed by atoms with Gasteiger partial charge in [-0.1, -0.05) is 43.1 Å². The SMILES string of the molecule is [C-]#[N+]C(=N)C=[C-]Nc1cccc(C(C)(C)c2cccc(N[C-]=CC(=N)C#N)n2)n1.[Pt+2]. The second-order valence-corrected chi connectivity index (χ2v) is 6.29. The van der Waals surface area contributed by atoms with E-state index >= 15 is 0 Å². The molecule has 0 saturated carbocycles. The summed E-state index contributed by atoms with van der Waals surface area (Å²) in [5.74, 6) is 0.837. The maximum absolute atomic E-state index is 8.59. The molecule has 0 radical (unpaired) electrons. The molecule has 30 heavy (non-hydrogen) atoms. The Bertz CT molecular complexity index is 974. The standard InChI is InChI=1S/C21H18N8.Pt/c1-21(2,16-6-4-8-19(28-16)26-12-10-15(23)14-22)17-7-5-9-20(29-17)27-13-11-18(24)25-3;/h4-11,23-24H,1-2H3,(H,26,28)(H,27,29);/q-2;+2. The van der Waals surface area contributed by atoms with Crippen molar-refractivity contribution < 1.29 is 21.1 Å². The molecule has 2 aromatic heterocycles. The van der Waals surface area contributed by atoms with E-state index < -0.39 is 5.41 Å². The molecule has 2 heterocycles. The Morgan fingerprint density at radius 2 is 1.57 bits per heavy atom. The molecule has 8 nitrogen and oxygen atoms in total. The van der Waals surface area contributed by atoms with E-state index in [0.717, 1.165) is 11.4 Å². The molecule has 0 unspecified atom stereocenters. The monoisotopic (exact) mass is 577 g/mol. The number of nitriles is 1. The van der Waals surface area contributed by atoms with Crippen molar-refractivity contribution in [1.29, 1.82) is 16.1 Å². The third-order valence-electron chi connectivity index (χ3n) is 3.85. The van der Waals surface area contributed by atoms with E-state index in [-0.39, 0.29) is 32.6 Å². The van der Waals surface area contributed by atoms with Gasteiger partial charge in [-0.3, -0.25) is 9.97 Å². The van der Waals surface area contributed by atoms with E-state index in [9.17, 15) is 0 Å². The Morgan fingerprint density at radius 3 is 2.03 bits per heavy atom. The molecule has 0 spiro atoms. The van der Waals surface area contributed by atoms with Crippen LogP contribution in [-0.4, -0.2) is 21.5 Å². The predicted octanol–water partition coefficient (Wildman–Crippen LogP) is 3.70. The molecule has 0 aliphatic rings. The number of hydrogen-bond donors (Lipinski definition) is 4. The van der Waals surface area contributed by atoms with Crippen LogP contribution < -0.4 is 10.6 Å². The molecule has 2 rings (SSSR count). The molecule has 0 fully saturated rings. The summed E-state index contributed by atoms with van der Waals surface area (Å²) in [4.78, 5) is 12.1. The number of aromatic nitrogens is 2. The van der Waals surface area contributed by atoms with Gasteiger partial charge >= 0.3 is 21.1 Å². The van der Waals surface area contributed by atoms with Gasteiger partial charge in [0.1, 0.15) is 0 Å². The van der Waals surface area contributed by atoms with Gasteiger partial charge in [-0.05, 0) is 26.0 Å². The number of amidine groups is 1. The smallest absolute Gasteiger partial charge is 0.453 e. The summed E-state index contributed by atoms with van der Waals surface area (Å²) in [6.45, 7) is 10.7. The number of hydrogen-bond acceptors (Lipinski definition) is 7.